The van der Waals surface area contributed by atoms with Gasteiger partial charge in [-0.25, -0.2) is 0 Å². The van der Waals surface area contributed by atoms with Crippen molar-refractivity contribution in [3.63, 3.8) is 0 Å². The minimum absolute atomic E-state index is 0.642. The Balaban J connectivity index is 2.64. The third-order valence-electron chi connectivity index (χ3n) is 2.01. The second kappa shape index (κ2) is 6.09. The fraction of sp³-hybridized carbons (Fsp3) is 0.417. The lowest BCUT2D eigenvalue weighted by atomic mass is 10.1. The first-order valence-corrected chi connectivity index (χ1v) is 5.89. The predicted molar refractivity (Wildman–Crippen MR) is 61.9 cm³/mol. The monoisotopic (exact) mass is 193 g/mol. The number of thioether (sulfide) groups is 1. The van der Waals surface area contributed by atoms with E-state index < -0.39 is 0 Å². The first-order chi connectivity index (χ1) is 6.38. The average Bonchev–Trinajstić information content (AvgIpc) is 2.19. The van der Waals surface area contributed by atoms with E-state index in [0.717, 1.165) is 6.42 Å². The molecule has 1 aromatic rings. The Morgan fingerprint density at radius 1 is 1.31 bits per heavy atom. The smallest absolute Gasteiger partial charge is 0.0297 e. The van der Waals surface area contributed by atoms with Gasteiger partial charge in [0.1, 0.15) is 0 Å². The topological polar surface area (TPSA) is 0 Å². The highest BCUT2D eigenvalue weighted by Gasteiger charge is 2.08. The van der Waals surface area contributed by atoms with Gasteiger partial charge < -0.3 is 0 Å². The summed E-state index contributed by atoms with van der Waals surface area (Å²) in [6.45, 7) is 6.13. The van der Waals surface area contributed by atoms with Gasteiger partial charge in [0.15, 0.2) is 0 Å². The Morgan fingerprint density at radius 3 is 2.54 bits per heavy atom. The summed E-state index contributed by atoms with van der Waals surface area (Å²) in [5.41, 5.74) is 1.44. The van der Waals surface area contributed by atoms with Crippen molar-refractivity contribution in [2.75, 3.05) is 5.75 Å². The van der Waals surface area contributed by atoms with E-state index in [9.17, 15) is 0 Å². The van der Waals surface area contributed by atoms with Gasteiger partial charge in [-0.1, -0.05) is 50.6 Å². The molecule has 1 rings (SSSR count). The van der Waals surface area contributed by atoms with Crippen molar-refractivity contribution in [2.45, 2.75) is 25.0 Å². The summed E-state index contributed by atoms with van der Waals surface area (Å²) >= 11 is 2.01. The van der Waals surface area contributed by atoms with Crippen LogP contribution in [0.25, 0.3) is 0 Å². The summed E-state index contributed by atoms with van der Waals surface area (Å²) in [5.74, 6) is 1.18. The predicted octanol–water partition coefficient (Wildman–Crippen LogP) is 4.10. The average molecular weight is 193 g/mol. The van der Waals surface area contributed by atoms with E-state index in [2.05, 4.69) is 44.2 Å². The zero-order valence-electron chi connectivity index (χ0n) is 8.20. The van der Waals surface area contributed by atoms with E-state index in [1.807, 2.05) is 11.8 Å². The summed E-state index contributed by atoms with van der Waals surface area (Å²) in [7, 11) is 0. The van der Waals surface area contributed by atoms with Crippen LogP contribution >= 0.6 is 11.8 Å². The molecule has 0 aliphatic heterocycles. The maximum atomic E-state index is 3.92. The second-order valence-electron chi connectivity index (χ2n) is 3.00. The number of hydrogen-bond acceptors (Lipinski definition) is 1. The molecule has 1 radical (unpaired) electrons. The summed E-state index contributed by atoms with van der Waals surface area (Å²) in [6.07, 6.45) is 2.20. The molecule has 0 fully saturated rings. The van der Waals surface area contributed by atoms with Crippen molar-refractivity contribution in [1.29, 1.82) is 0 Å². The summed E-state index contributed by atoms with van der Waals surface area (Å²) < 4.78 is 0. The van der Waals surface area contributed by atoms with Gasteiger partial charge in [0.2, 0.25) is 0 Å². The van der Waals surface area contributed by atoms with Crippen LogP contribution in [0.5, 0.6) is 0 Å². The van der Waals surface area contributed by atoms with E-state index in [-0.39, 0.29) is 0 Å². The first kappa shape index (κ1) is 10.6. The SMILES string of the molecule is [CH2]CCC(SCC)c1ccccc1. The zero-order chi connectivity index (χ0) is 9.52. The van der Waals surface area contributed by atoms with Crippen LogP contribution in [0.4, 0.5) is 0 Å². The minimum atomic E-state index is 0.642. The fourth-order valence-electron chi connectivity index (χ4n) is 1.40. The van der Waals surface area contributed by atoms with Crippen LogP contribution in [-0.2, 0) is 0 Å². The highest BCUT2D eigenvalue weighted by molar-refractivity contribution is 7.99. The molecule has 1 unspecified atom stereocenters. The number of benzene rings is 1. The molecule has 0 aliphatic carbocycles. The largest absolute Gasteiger partial charge is 0.154 e. The van der Waals surface area contributed by atoms with Gasteiger partial charge in [0, 0.05) is 5.25 Å². The molecule has 0 amide bonds. The van der Waals surface area contributed by atoms with E-state index in [0.29, 0.717) is 5.25 Å². The Labute approximate surface area is 85.7 Å². The van der Waals surface area contributed by atoms with Crippen LogP contribution in [-0.4, -0.2) is 5.75 Å². The molecule has 0 saturated heterocycles. The Morgan fingerprint density at radius 2 is 2.00 bits per heavy atom. The molecule has 0 aliphatic rings. The van der Waals surface area contributed by atoms with Crippen LogP contribution in [0.3, 0.4) is 0 Å². The molecule has 0 heterocycles. The number of rotatable bonds is 5. The maximum absolute atomic E-state index is 3.92. The molecule has 1 atom stereocenters. The van der Waals surface area contributed by atoms with Gasteiger partial charge in [-0.2, -0.15) is 11.8 Å². The molecule has 1 heteroatoms. The highest BCUT2D eigenvalue weighted by atomic mass is 32.2. The highest BCUT2D eigenvalue weighted by Crippen LogP contribution is 2.32. The molecule has 71 valence electrons. The standard InChI is InChI=1S/C12H17S/c1-3-8-12(13-4-2)11-9-6-5-7-10-11/h5-7,9-10,12H,1,3-4,8H2,2H3. The summed E-state index contributed by atoms with van der Waals surface area (Å²) in [6, 6.07) is 10.7. The normalized spacial score (nSPS) is 12.8. The Bertz CT molecular complexity index is 212. The van der Waals surface area contributed by atoms with Crippen molar-refractivity contribution < 1.29 is 0 Å². The lowest BCUT2D eigenvalue weighted by Gasteiger charge is -2.14. The van der Waals surface area contributed by atoms with Crippen molar-refractivity contribution in [2.24, 2.45) is 0 Å². The quantitative estimate of drug-likeness (QED) is 0.678. The molecule has 0 aromatic heterocycles. The minimum Gasteiger partial charge on any atom is -0.154 e. The maximum Gasteiger partial charge on any atom is 0.0297 e. The summed E-state index contributed by atoms with van der Waals surface area (Å²) in [5, 5.41) is 0.642. The third-order valence-corrected chi connectivity index (χ3v) is 3.25. The van der Waals surface area contributed by atoms with E-state index in [4.69, 9.17) is 0 Å². The molecular formula is C12H17S. The molecule has 0 N–H and O–H groups in total. The van der Waals surface area contributed by atoms with Gasteiger partial charge in [-0.15, -0.1) is 0 Å². The van der Waals surface area contributed by atoms with Crippen molar-refractivity contribution in [3.05, 3.63) is 42.8 Å². The van der Waals surface area contributed by atoms with Gasteiger partial charge >= 0.3 is 0 Å². The molecule has 1 aromatic carbocycles. The Kier molecular flexibility index (Phi) is 4.99. The molecule has 0 bridgehead atoms. The zero-order valence-corrected chi connectivity index (χ0v) is 9.02. The van der Waals surface area contributed by atoms with Crippen molar-refractivity contribution in [3.8, 4) is 0 Å². The van der Waals surface area contributed by atoms with Crippen LogP contribution in [0.1, 0.15) is 30.6 Å². The van der Waals surface area contributed by atoms with E-state index in [1.165, 1.54) is 17.7 Å². The molecular weight excluding hydrogens is 176 g/mol. The van der Waals surface area contributed by atoms with Gasteiger partial charge in [0.25, 0.3) is 0 Å². The van der Waals surface area contributed by atoms with Crippen molar-refractivity contribution >= 4 is 11.8 Å². The molecule has 13 heavy (non-hydrogen) atoms. The van der Waals surface area contributed by atoms with Crippen LogP contribution < -0.4 is 0 Å². The molecule has 0 spiro atoms. The second-order valence-corrected chi connectivity index (χ2v) is 4.48. The first-order valence-electron chi connectivity index (χ1n) is 4.84. The van der Waals surface area contributed by atoms with Crippen LogP contribution in [0, 0.1) is 6.92 Å². The Hall–Kier alpha value is -0.430. The molecule has 0 saturated carbocycles. The van der Waals surface area contributed by atoms with Crippen LogP contribution in [0.2, 0.25) is 0 Å². The lowest BCUT2D eigenvalue weighted by Crippen LogP contribution is -1.93. The van der Waals surface area contributed by atoms with Gasteiger partial charge in [-0.3, -0.25) is 0 Å². The van der Waals surface area contributed by atoms with Gasteiger partial charge in [-0.05, 0) is 17.7 Å². The van der Waals surface area contributed by atoms with E-state index in [1.54, 1.807) is 0 Å². The molecule has 0 nitrogen and oxygen atoms in total. The lowest BCUT2D eigenvalue weighted by molar-refractivity contribution is 0.821. The fourth-order valence-corrected chi connectivity index (χ4v) is 2.49. The van der Waals surface area contributed by atoms with Crippen molar-refractivity contribution in [1.82, 2.24) is 0 Å². The van der Waals surface area contributed by atoms with Gasteiger partial charge in [0.05, 0.1) is 0 Å². The van der Waals surface area contributed by atoms with E-state index >= 15 is 0 Å². The summed E-state index contributed by atoms with van der Waals surface area (Å²) in [4.78, 5) is 0. The van der Waals surface area contributed by atoms with Crippen LogP contribution in [0.15, 0.2) is 30.3 Å². The third kappa shape index (κ3) is 3.43. The number of hydrogen-bond donors (Lipinski definition) is 0.